The van der Waals surface area contributed by atoms with Crippen molar-refractivity contribution in [3.05, 3.63) is 77.7 Å². The first-order valence-corrected chi connectivity index (χ1v) is 9.00. The number of hydrogen-bond donors (Lipinski definition) is 0. The molecule has 0 N–H and O–H groups in total. The molecule has 5 heteroatoms. The third-order valence-corrected chi connectivity index (χ3v) is 4.67. The van der Waals surface area contributed by atoms with Crippen molar-refractivity contribution < 1.29 is 18.7 Å². The van der Waals surface area contributed by atoms with Crippen molar-refractivity contribution in [2.24, 2.45) is 0 Å². The van der Waals surface area contributed by atoms with Crippen molar-refractivity contribution in [1.82, 2.24) is 0 Å². The van der Waals surface area contributed by atoms with Gasteiger partial charge in [0.2, 0.25) is 0 Å². The third-order valence-electron chi connectivity index (χ3n) is 4.67. The van der Waals surface area contributed by atoms with Crippen LogP contribution >= 0.6 is 0 Å². The van der Waals surface area contributed by atoms with E-state index in [9.17, 15) is 4.79 Å². The SMILES string of the molecule is COc1ccccc1OCc1ccc(C(=O)N2CCCc3ccccc32)o1. The molecule has 0 aliphatic carbocycles. The lowest BCUT2D eigenvalue weighted by Gasteiger charge is -2.28. The molecule has 4 rings (SSSR count). The van der Waals surface area contributed by atoms with Gasteiger partial charge in [-0.1, -0.05) is 30.3 Å². The van der Waals surface area contributed by atoms with Crippen molar-refractivity contribution in [2.45, 2.75) is 19.4 Å². The van der Waals surface area contributed by atoms with Crippen LogP contribution in [0.25, 0.3) is 0 Å². The first-order chi connectivity index (χ1) is 13.3. The second kappa shape index (κ2) is 7.58. The van der Waals surface area contributed by atoms with Gasteiger partial charge in [0, 0.05) is 12.2 Å². The number of anilines is 1. The number of nitrogens with zero attached hydrogens (tertiary/aromatic N) is 1. The number of methoxy groups -OCH3 is 1. The lowest BCUT2D eigenvalue weighted by molar-refractivity contribution is 0.0954. The molecule has 0 radical (unpaired) electrons. The highest BCUT2D eigenvalue weighted by Crippen LogP contribution is 2.29. The number of furan rings is 1. The molecule has 5 nitrogen and oxygen atoms in total. The summed E-state index contributed by atoms with van der Waals surface area (Å²) in [5.74, 6) is 2.09. The summed E-state index contributed by atoms with van der Waals surface area (Å²) in [6, 6.07) is 18.9. The molecule has 0 saturated heterocycles. The molecule has 0 atom stereocenters. The summed E-state index contributed by atoms with van der Waals surface area (Å²) >= 11 is 0. The Balaban J connectivity index is 1.47. The largest absolute Gasteiger partial charge is 0.493 e. The van der Waals surface area contributed by atoms with Crippen LogP contribution in [0.2, 0.25) is 0 Å². The molecule has 0 spiro atoms. The topological polar surface area (TPSA) is 51.9 Å². The van der Waals surface area contributed by atoms with Crippen LogP contribution < -0.4 is 14.4 Å². The third kappa shape index (κ3) is 3.53. The Morgan fingerprint density at radius 3 is 2.67 bits per heavy atom. The number of rotatable bonds is 5. The van der Waals surface area contributed by atoms with E-state index in [1.807, 2.05) is 42.5 Å². The molecular formula is C22H21NO4. The molecule has 138 valence electrons. The van der Waals surface area contributed by atoms with Gasteiger partial charge in [-0.2, -0.15) is 0 Å². The van der Waals surface area contributed by atoms with Gasteiger partial charge in [-0.15, -0.1) is 0 Å². The molecule has 2 aromatic carbocycles. The Labute approximate surface area is 158 Å². The number of hydrogen-bond acceptors (Lipinski definition) is 4. The molecule has 1 amide bonds. The van der Waals surface area contributed by atoms with E-state index in [1.54, 1.807) is 24.1 Å². The minimum absolute atomic E-state index is 0.120. The summed E-state index contributed by atoms with van der Waals surface area (Å²) in [7, 11) is 1.60. The monoisotopic (exact) mass is 363 g/mol. The van der Waals surface area contributed by atoms with Crippen LogP contribution in [0.3, 0.4) is 0 Å². The van der Waals surface area contributed by atoms with Gasteiger partial charge < -0.3 is 18.8 Å². The van der Waals surface area contributed by atoms with Gasteiger partial charge in [0.1, 0.15) is 12.4 Å². The van der Waals surface area contributed by atoms with E-state index in [1.165, 1.54) is 5.56 Å². The van der Waals surface area contributed by atoms with Gasteiger partial charge in [-0.05, 0) is 48.7 Å². The maximum atomic E-state index is 12.9. The average molecular weight is 363 g/mol. The number of carbonyl (C=O) groups excluding carboxylic acids is 1. The van der Waals surface area contributed by atoms with Crippen molar-refractivity contribution in [1.29, 1.82) is 0 Å². The summed E-state index contributed by atoms with van der Waals surface area (Å²) in [6.07, 6.45) is 1.95. The zero-order valence-electron chi connectivity index (χ0n) is 15.2. The van der Waals surface area contributed by atoms with Crippen molar-refractivity contribution in [3.8, 4) is 11.5 Å². The Hall–Kier alpha value is -3.21. The maximum Gasteiger partial charge on any atom is 0.293 e. The van der Waals surface area contributed by atoms with E-state index in [2.05, 4.69) is 6.07 Å². The standard InChI is InChI=1S/C22H21NO4/c1-25-19-10-4-5-11-20(19)26-15-17-12-13-21(27-17)22(24)23-14-6-8-16-7-2-3-9-18(16)23/h2-5,7,9-13H,6,8,14-15H2,1H3. The van der Waals surface area contributed by atoms with E-state index >= 15 is 0 Å². The van der Waals surface area contributed by atoms with Crippen LogP contribution in [-0.4, -0.2) is 19.6 Å². The Bertz CT molecular complexity index is 947. The van der Waals surface area contributed by atoms with Gasteiger partial charge in [0.25, 0.3) is 5.91 Å². The fraction of sp³-hybridized carbons (Fsp3) is 0.227. The molecule has 1 aromatic heterocycles. The Morgan fingerprint density at radius 1 is 1.04 bits per heavy atom. The fourth-order valence-corrected chi connectivity index (χ4v) is 3.33. The van der Waals surface area contributed by atoms with Crippen LogP contribution in [0.5, 0.6) is 11.5 Å². The maximum absolute atomic E-state index is 12.9. The number of aryl methyl sites for hydroxylation is 1. The first kappa shape index (κ1) is 17.2. The number of carbonyl (C=O) groups is 1. The summed E-state index contributed by atoms with van der Waals surface area (Å²) in [4.78, 5) is 14.7. The second-order valence-corrected chi connectivity index (χ2v) is 6.39. The zero-order chi connectivity index (χ0) is 18.6. The summed E-state index contributed by atoms with van der Waals surface area (Å²) in [6.45, 7) is 0.924. The number of fused-ring (bicyclic) bond motifs is 1. The van der Waals surface area contributed by atoms with Gasteiger partial charge in [0.15, 0.2) is 17.3 Å². The van der Waals surface area contributed by atoms with E-state index in [-0.39, 0.29) is 12.5 Å². The molecule has 27 heavy (non-hydrogen) atoms. The van der Waals surface area contributed by atoms with Gasteiger partial charge in [-0.25, -0.2) is 0 Å². The molecule has 0 saturated carbocycles. The highest BCUT2D eigenvalue weighted by molar-refractivity contribution is 6.04. The lowest BCUT2D eigenvalue weighted by atomic mass is 10.0. The minimum Gasteiger partial charge on any atom is -0.493 e. The smallest absolute Gasteiger partial charge is 0.293 e. The normalized spacial score (nSPS) is 13.1. The molecule has 0 fully saturated rings. The highest BCUT2D eigenvalue weighted by atomic mass is 16.5. The summed E-state index contributed by atoms with van der Waals surface area (Å²) in [5.41, 5.74) is 2.17. The predicted molar refractivity (Wildman–Crippen MR) is 102 cm³/mol. The molecule has 1 aliphatic heterocycles. The van der Waals surface area contributed by atoms with Gasteiger partial charge >= 0.3 is 0 Å². The van der Waals surface area contributed by atoms with E-state index in [0.717, 1.165) is 18.5 Å². The summed E-state index contributed by atoms with van der Waals surface area (Å²) in [5, 5.41) is 0. The fourth-order valence-electron chi connectivity index (χ4n) is 3.33. The Kier molecular flexibility index (Phi) is 4.83. The highest BCUT2D eigenvalue weighted by Gasteiger charge is 2.25. The van der Waals surface area contributed by atoms with Crippen LogP contribution in [0, 0.1) is 0 Å². The van der Waals surface area contributed by atoms with Crippen molar-refractivity contribution >= 4 is 11.6 Å². The number of benzene rings is 2. The number of para-hydroxylation sites is 3. The molecule has 1 aliphatic rings. The van der Waals surface area contributed by atoms with E-state index < -0.39 is 0 Å². The quantitative estimate of drug-likeness (QED) is 0.672. The Morgan fingerprint density at radius 2 is 1.81 bits per heavy atom. The lowest BCUT2D eigenvalue weighted by Crippen LogP contribution is -2.35. The van der Waals surface area contributed by atoms with E-state index in [4.69, 9.17) is 13.9 Å². The molecular weight excluding hydrogens is 342 g/mol. The average Bonchev–Trinajstić information content (AvgIpc) is 3.20. The molecule has 3 aromatic rings. The van der Waals surface area contributed by atoms with Crippen molar-refractivity contribution in [2.75, 3.05) is 18.6 Å². The number of ether oxygens (including phenoxy) is 2. The molecule has 0 bridgehead atoms. The molecule has 0 unspecified atom stereocenters. The zero-order valence-corrected chi connectivity index (χ0v) is 15.2. The molecule has 2 heterocycles. The minimum atomic E-state index is -0.120. The van der Waals surface area contributed by atoms with Crippen LogP contribution in [0.4, 0.5) is 5.69 Å². The van der Waals surface area contributed by atoms with Gasteiger partial charge in [0.05, 0.1) is 7.11 Å². The van der Waals surface area contributed by atoms with Crippen LogP contribution in [0.15, 0.2) is 65.1 Å². The van der Waals surface area contributed by atoms with E-state index in [0.29, 0.717) is 29.6 Å². The van der Waals surface area contributed by atoms with Crippen LogP contribution in [-0.2, 0) is 13.0 Å². The van der Waals surface area contributed by atoms with Crippen LogP contribution in [0.1, 0.15) is 28.3 Å². The second-order valence-electron chi connectivity index (χ2n) is 6.39. The number of amides is 1. The summed E-state index contributed by atoms with van der Waals surface area (Å²) < 4.78 is 16.8. The first-order valence-electron chi connectivity index (χ1n) is 9.00. The predicted octanol–water partition coefficient (Wildman–Crippen LogP) is 4.46. The van der Waals surface area contributed by atoms with Gasteiger partial charge in [-0.3, -0.25) is 4.79 Å². The van der Waals surface area contributed by atoms with Crippen molar-refractivity contribution in [3.63, 3.8) is 0 Å².